The largest absolute Gasteiger partial charge is 0.323 e. The van der Waals surface area contributed by atoms with Crippen LogP contribution < -0.4 is 5.73 Å². The average Bonchev–Trinajstić information content (AvgIpc) is 2.89. The van der Waals surface area contributed by atoms with E-state index in [2.05, 4.69) is 10.3 Å². The number of rotatable bonds is 5. The first-order valence-corrected chi connectivity index (χ1v) is 6.15. The second-order valence-corrected chi connectivity index (χ2v) is 4.38. The molecule has 0 saturated carbocycles. The summed E-state index contributed by atoms with van der Waals surface area (Å²) in [6.07, 6.45) is 3.27. The molecule has 1 heterocycles. The molecule has 2 N–H and O–H groups in total. The maximum atomic E-state index is 13.3. The van der Waals surface area contributed by atoms with Crippen LogP contribution in [0, 0.1) is 15.9 Å². The van der Waals surface area contributed by atoms with Crippen LogP contribution in [0.2, 0.25) is 0 Å². The topological polar surface area (TPSA) is 99.9 Å². The summed E-state index contributed by atoms with van der Waals surface area (Å²) < 4.78 is 14.6. The molecule has 1 aromatic carbocycles. The van der Waals surface area contributed by atoms with Gasteiger partial charge in [-0.2, -0.15) is 4.39 Å². The Bertz CT molecular complexity index is 628. The minimum atomic E-state index is -0.887. The van der Waals surface area contributed by atoms with Crippen molar-refractivity contribution in [3.63, 3.8) is 0 Å². The van der Waals surface area contributed by atoms with Crippen molar-refractivity contribution in [1.29, 1.82) is 0 Å². The van der Waals surface area contributed by atoms with Crippen LogP contribution in [0.3, 0.4) is 0 Å². The van der Waals surface area contributed by atoms with Gasteiger partial charge in [0.2, 0.25) is 5.82 Å². The van der Waals surface area contributed by atoms with Crippen molar-refractivity contribution in [2.24, 2.45) is 5.73 Å². The molecule has 0 saturated heterocycles. The van der Waals surface area contributed by atoms with Crippen LogP contribution >= 0.6 is 0 Å². The van der Waals surface area contributed by atoms with Crippen LogP contribution in [0.15, 0.2) is 24.4 Å². The number of nitrogens with zero attached hydrogens (tertiary/aromatic N) is 4. The van der Waals surface area contributed by atoms with Gasteiger partial charge in [0.15, 0.2) is 0 Å². The third-order valence-corrected chi connectivity index (χ3v) is 2.88. The number of halogens is 1. The van der Waals surface area contributed by atoms with E-state index >= 15 is 0 Å². The minimum absolute atomic E-state index is 0.232. The Morgan fingerprint density at radius 1 is 1.55 bits per heavy atom. The van der Waals surface area contributed by atoms with Crippen LogP contribution in [0.25, 0.3) is 5.69 Å². The summed E-state index contributed by atoms with van der Waals surface area (Å²) in [5, 5.41) is 18.5. The highest BCUT2D eigenvalue weighted by Gasteiger charge is 2.16. The second kappa shape index (κ2) is 5.74. The zero-order chi connectivity index (χ0) is 14.7. The number of nitrogens with two attached hydrogens (primary N) is 1. The molecule has 1 aromatic heterocycles. The van der Waals surface area contributed by atoms with Gasteiger partial charge in [-0.3, -0.25) is 10.1 Å². The molecular formula is C12H14FN5O2. The van der Waals surface area contributed by atoms with E-state index < -0.39 is 16.4 Å². The van der Waals surface area contributed by atoms with E-state index in [0.29, 0.717) is 11.4 Å². The highest BCUT2D eigenvalue weighted by atomic mass is 19.1. The smallest absolute Gasteiger partial charge is 0.306 e. The zero-order valence-electron chi connectivity index (χ0n) is 10.9. The molecule has 0 radical (unpaired) electrons. The fraction of sp³-hybridized carbons (Fsp3) is 0.333. The van der Waals surface area contributed by atoms with Crippen molar-refractivity contribution >= 4 is 5.69 Å². The lowest BCUT2D eigenvalue weighted by Crippen LogP contribution is -2.10. The van der Waals surface area contributed by atoms with Crippen LogP contribution in [0.1, 0.15) is 31.5 Å². The molecule has 20 heavy (non-hydrogen) atoms. The Balaban J connectivity index is 2.33. The molecule has 0 fully saturated rings. The molecule has 0 bridgehead atoms. The van der Waals surface area contributed by atoms with Gasteiger partial charge in [-0.1, -0.05) is 18.6 Å². The van der Waals surface area contributed by atoms with Gasteiger partial charge in [-0.05, 0) is 18.6 Å². The highest BCUT2D eigenvalue weighted by Crippen LogP contribution is 2.21. The molecule has 1 atom stereocenters. The van der Waals surface area contributed by atoms with Crippen molar-refractivity contribution in [1.82, 2.24) is 15.0 Å². The van der Waals surface area contributed by atoms with E-state index in [1.807, 2.05) is 6.92 Å². The van der Waals surface area contributed by atoms with E-state index in [0.717, 1.165) is 25.0 Å². The number of aromatic nitrogens is 3. The van der Waals surface area contributed by atoms with E-state index in [1.54, 1.807) is 6.20 Å². The van der Waals surface area contributed by atoms with Crippen molar-refractivity contribution < 1.29 is 9.31 Å². The van der Waals surface area contributed by atoms with Crippen molar-refractivity contribution in [3.8, 4) is 5.69 Å². The van der Waals surface area contributed by atoms with Gasteiger partial charge >= 0.3 is 5.69 Å². The molecular weight excluding hydrogens is 265 g/mol. The van der Waals surface area contributed by atoms with Gasteiger partial charge in [0, 0.05) is 6.07 Å². The summed E-state index contributed by atoms with van der Waals surface area (Å²) in [5.41, 5.74) is 6.27. The molecule has 8 heteroatoms. The molecule has 0 spiro atoms. The lowest BCUT2D eigenvalue weighted by Gasteiger charge is -2.04. The number of nitro groups is 1. The SMILES string of the molecule is CCCC(N)c1cn(-c2ccc(F)c([N+](=O)[O-])c2)nn1. The van der Waals surface area contributed by atoms with Crippen LogP contribution in [0.5, 0.6) is 0 Å². The first-order chi connectivity index (χ1) is 9.52. The lowest BCUT2D eigenvalue weighted by atomic mass is 10.1. The Labute approximate surface area is 114 Å². The molecule has 1 unspecified atom stereocenters. The predicted octanol–water partition coefficient (Wildman–Crippen LogP) is 2.11. The van der Waals surface area contributed by atoms with Gasteiger partial charge in [0.1, 0.15) is 0 Å². The first kappa shape index (κ1) is 14.1. The van der Waals surface area contributed by atoms with Crippen LogP contribution in [-0.4, -0.2) is 19.9 Å². The number of hydrogen-bond donors (Lipinski definition) is 1. The Kier molecular flexibility index (Phi) is 4.04. The van der Waals surface area contributed by atoms with Crippen molar-refractivity contribution in [2.75, 3.05) is 0 Å². The van der Waals surface area contributed by atoms with E-state index in [4.69, 9.17) is 5.73 Å². The summed E-state index contributed by atoms with van der Waals surface area (Å²) in [4.78, 5) is 9.93. The quantitative estimate of drug-likeness (QED) is 0.667. The predicted molar refractivity (Wildman–Crippen MR) is 69.8 cm³/mol. The summed E-state index contributed by atoms with van der Waals surface area (Å²) >= 11 is 0. The molecule has 2 aromatic rings. The lowest BCUT2D eigenvalue weighted by molar-refractivity contribution is -0.387. The van der Waals surface area contributed by atoms with Crippen LogP contribution in [0.4, 0.5) is 10.1 Å². The third kappa shape index (κ3) is 2.80. The third-order valence-electron chi connectivity index (χ3n) is 2.88. The normalized spacial score (nSPS) is 12.3. The first-order valence-electron chi connectivity index (χ1n) is 6.15. The van der Waals surface area contributed by atoms with E-state index in [-0.39, 0.29) is 6.04 Å². The highest BCUT2D eigenvalue weighted by molar-refractivity contribution is 5.43. The molecule has 106 valence electrons. The zero-order valence-corrected chi connectivity index (χ0v) is 10.9. The molecule has 0 aliphatic rings. The Morgan fingerprint density at radius 3 is 2.95 bits per heavy atom. The standard InChI is InChI=1S/C12H14FN5O2/c1-2-3-10(14)11-7-17(16-15-11)8-4-5-9(13)12(6-8)18(19)20/h4-7,10H,2-3,14H2,1H3. The monoisotopic (exact) mass is 279 g/mol. The van der Waals surface area contributed by atoms with E-state index in [9.17, 15) is 14.5 Å². The molecule has 7 nitrogen and oxygen atoms in total. The van der Waals surface area contributed by atoms with Gasteiger partial charge in [-0.15, -0.1) is 5.10 Å². The fourth-order valence-corrected chi connectivity index (χ4v) is 1.82. The molecule has 0 aliphatic heterocycles. The molecule has 0 aliphatic carbocycles. The molecule has 2 rings (SSSR count). The Hall–Kier alpha value is -2.35. The second-order valence-electron chi connectivity index (χ2n) is 4.38. The number of benzene rings is 1. The fourth-order valence-electron chi connectivity index (χ4n) is 1.82. The van der Waals surface area contributed by atoms with Gasteiger partial charge in [0.25, 0.3) is 0 Å². The maximum Gasteiger partial charge on any atom is 0.306 e. The average molecular weight is 279 g/mol. The maximum absolute atomic E-state index is 13.3. The van der Waals surface area contributed by atoms with Gasteiger partial charge < -0.3 is 5.73 Å². The summed E-state index contributed by atoms with van der Waals surface area (Å²) in [6.45, 7) is 2.01. The van der Waals surface area contributed by atoms with Gasteiger partial charge in [-0.25, -0.2) is 4.68 Å². The Morgan fingerprint density at radius 2 is 2.30 bits per heavy atom. The summed E-state index contributed by atoms with van der Waals surface area (Å²) in [6, 6.07) is 3.30. The van der Waals surface area contributed by atoms with Gasteiger partial charge in [0.05, 0.1) is 28.5 Å². The minimum Gasteiger partial charge on any atom is -0.323 e. The molecule has 0 amide bonds. The summed E-state index contributed by atoms with van der Waals surface area (Å²) in [5.74, 6) is -0.887. The van der Waals surface area contributed by atoms with Crippen molar-refractivity contribution in [3.05, 3.63) is 46.0 Å². The number of hydrogen-bond acceptors (Lipinski definition) is 5. The van der Waals surface area contributed by atoms with E-state index in [1.165, 1.54) is 10.7 Å². The van der Waals surface area contributed by atoms with Crippen LogP contribution in [-0.2, 0) is 0 Å². The van der Waals surface area contributed by atoms with Crippen molar-refractivity contribution in [2.45, 2.75) is 25.8 Å². The summed E-state index contributed by atoms with van der Waals surface area (Å²) in [7, 11) is 0. The number of nitro benzene ring substituents is 1.